The van der Waals surface area contributed by atoms with Crippen LogP contribution in [-0.2, 0) is 28.6 Å². The molecule has 6 heteroatoms. The molecule has 0 bridgehead atoms. The van der Waals surface area contributed by atoms with E-state index in [9.17, 15) is 14.4 Å². The highest BCUT2D eigenvalue weighted by Gasteiger charge is 2.19. The molecule has 272 valence electrons. The molecule has 1 atom stereocenters. The summed E-state index contributed by atoms with van der Waals surface area (Å²) in [7, 11) is 0. The van der Waals surface area contributed by atoms with Gasteiger partial charge in [-0.05, 0) is 31.1 Å². The van der Waals surface area contributed by atoms with Crippen molar-refractivity contribution in [3.63, 3.8) is 0 Å². The molecule has 0 saturated heterocycles. The molecule has 0 amide bonds. The summed E-state index contributed by atoms with van der Waals surface area (Å²) in [6, 6.07) is 0. The fourth-order valence-corrected chi connectivity index (χ4v) is 5.69. The summed E-state index contributed by atoms with van der Waals surface area (Å²) in [5.41, 5.74) is 0. The highest BCUT2D eigenvalue weighted by molar-refractivity contribution is 5.71. The maximum Gasteiger partial charge on any atom is 0.306 e. The van der Waals surface area contributed by atoms with Gasteiger partial charge in [-0.3, -0.25) is 14.4 Å². The SMILES string of the molecule is CCCCCCCCCCCC(=O)OC[C@@H](COC(=O)CCCCCCCCC(C)C)OC(=O)CCCCCCCCCC(C)C. The van der Waals surface area contributed by atoms with Crippen LogP contribution >= 0.6 is 0 Å². The van der Waals surface area contributed by atoms with E-state index in [0.717, 1.165) is 69.6 Å². The van der Waals surface area contributed by atoms with Crippen molar-refractivity contribution in [1.82, 2.24) is 0 Å². The van der Waals surface area contributed by atoms with Gasteiger partial charge in [0.1, 0.15) is 13.2 Å². The average molecular weight is 653 g/mol. The zero-order chi connectivity index (χ0) is 34.1. The van der Waals surface area contributed by atoms with E-state index in [1.54, 1.807) is 0 Å². The molecule has 0 radical (unpaired) electrons. The van der Waals surface area contributed by atoms with E-state index >= 15 is 0 Å². The first-order chi connectivity index (χ1) is 22.2. The maximum absolute atomic E-state index is 12.6. The molecule has 0 saturated carbocycles. The van der Waals surface area contributed by atoms with Crippen molar-refractivity contribution in [2.75, 3.05) is 13.2 Å². The van der Waals surface area contributed by atoms with Gasteiger partial charge in [0.2, 0.25) is 0 Å². The van der Waals surface area contributed by atoms with Gasteiger partial charge in [-0.15, -0.1) is 0 Å². The lowest BCUT2D eigenvalue weighted by Crippen LogP contribution is -2.30. The summed E-state index contributed by atoms with van der Waals surface area (Å²) in [5.74, 6) is 0.666. The third kappa shape index (κ3) is 33.8. The molecule has 0 heterocycles. The number of rotatable bonds is 34. The quantitative estimate of drug-likeness (QED) is 0.0391. The minimum absolute atomic E-state index is 0.0674. The predicted molar refractivity (Wildman–Crippen MR) is 192 cm³/mol. The summed E-state index contributed by atoms with van der Waals surface area (Å²) in [6.07, 6.45) is 28.2. The molecule has 0 aliphatic heterocycles. The lowest BCUT2D eigenvalue weighted by molar-refractivity contribution is -0.167. The Labute approximate surface area is 285 Å². The number of unbranched alkanes of at least 4 members (excludes halogenated alkanes) is 19. The summed E-state index contributed by atoms with van der Waals surface area (Å²) >= 11 is 0. The van der Waals surface area contributed by atoms with Crippen LogP contribution in [0.3, 0.4) is 0 Å². The Bertz CT molecular complexity index is 704. The Hall–Kier alpha value is -1.59. The van der Waals surface area contributed by atoms with Gasteiger partial charge in [0.15, 0.2) is 6.10 Å². The van der Waals surface area contributed by atoms with Gasteiger partial charge in [-0.1, -0.05) is 169 Å². The highest BCUT2D eigenvalue weighted by atomic mass is 16.6. The second-order valence-electron chi connectivity index (χ2n) is 14.5. The Balaban J connectivity index is 4.37. The largest absolute Gasteiger partial charge is 0.462 e. The number of carbonyl (C=O) groups excluding carboxylic acids is 3. The van der Waals surface area contributed by atoms with Crippen molar-refractivity contribution < 1.29 is 28.6 Å². The second kappa shape index (κ2) is 33.3. The van der Waals surface area contributed by atoms with Gasteiger partial charge in [-0.25, -0.2) is 0 Å². The van der Waals surface area contributed by atoms with Gasteiger partial charge < -0.3 is 14.2 Å². The molecule has 0 aromatic rings. The molecule has 0 aromatic heterocycles. The third-order valence-electron chi connectivity index (χ3n) is 8.72. The molecule has 6 nitrogen and oxygen atoms in total. The summed E-state index contributed by atoms with van der Waals surface area (Å²) in [5, 5.41) is 0. The van der Waals surface area contributed by atoms with Crippen LogP contribution < -0.4 is 0 Å². The van der Waals surface area contributed by atoms with Gasteiger partial charge in [0.05, 0.1) is 0 Å². The molecule has 0 aromatic carbocycles. The standard InChI is InChI=1S/C40H76O6/c1-6-7-8-9-10-11-14-20-25-30-38(41)44-33-37(34-45-39(42)31-26-21-17-16-19-24-29-36(4)5)46-40(43)32-27-22-15-12-13-18-23-28-35(2)3/h35-37H,6-34H2,1-5H3/t37-/m0/s1. The molecule has 0 unspecified atom stereocenters. The van der Waals surface area contributed by atoms with E-state index in [1.807, 2.05) is 0 Å². The van der Waals surface area contributed by atoms with Crippen LogP contribution in [0, 0.1) is 11.8 Å². The van der Waals surface area contributed by atoms with Crippen LogP contribution in [0.15, 0.2) is 0 Å². The number of hydrogen-bond donors (Lipinski definition) is 0. The Morgan fingerprint density at radius 3 is 1.07 bits per heavy atom. The van der Waals surface area contributed by atoms with E-state index in [4.69, 9.17) is 14.2 Å². The van der Waals surface area contributed by atoms with Crippen molar-refractivity contribution in [3.05, 3.63) is 0 Å². The Morgan fingerprint density at radius 1 is 0.413 bits per heavy atom. The van der Waals surface area contributed by atoms with E-state index in [-0.39, 0.29) is 31.1 Å². The van der Waals surface area contributed by atoms with Gasteiger partial charge >= 0.3 is 17.9 Å². The van der Waals surface area contributed by atoms with Crippen molar-refractivity contribution in [2.45, 2.75) is 214 Å². The molecule has 46 heavy (non-hydrogen) atoms. The van der Waals surface area contributed by atoms with Gasteiger partial charge in [0, 0.05) is 19.3 Å². The second-order valence-corrected chi connectivity index (χ2v) is 14.5. The van der Waals surface area contributed by atoms with Crippen LogP contribution in [0.25, 0.3) is 0 Å². The first kappa shape index (κ1) is 44.4. The van der Waals surface area contributed by atoms with Crippen molar-refractivity contribution >= 4 is 17.9 Å². The topological polar surface area (TPSA) is 78.9 Å². The number of hydrogen-bond acceptors (Lipinski definition) is 6. The van der Waals surface area contributed by atoms with Crippen LogP contribution in [-0.4, -0.2) is 37.2 Å². The maximum atomic E-state index is 12.6. The molecule has 0 spiro atoms. The van der Waals surface area contributed by atoms with Gasteiger partial charge in [-0.2, -0.15) is 0 Å². The lowest BCUT2D eigenvalue weighted by Gasteiger charge is -2.18. The van der Waals surface area contributed by atoms with Crippen molar-refractivity contribution in [2.24, 2.45) is 11.8 Å². The Morgan fingerprint density at radius 2 is 0.717 bits per heavy atom. The monoisotopic (exact) mass is 653 g/mol. The fraction of sp³-hybridized carbons (Fsp3) is 0.925. The van der Waals surface area contributed by atoms with Crippen LogP contribution in [0.1, 0.15) is 208 Å². The zero-order valence-corrected chi connectivity index (χ0v) is 31.2. The molecule has 0 aliphatic carbocycles. The predicted octanol–water partition coefficient (Wildman–Crippen LogP) is 11.8. The number of ether oxygens (including phenoxy) is 3. The minimum atomic E-state index is -0.759. The lowest BCUT2D eigenvalue weighted by atomic mass is 10.0. The number of esters is 3. The molecule has 0 aliphatic rings. The van der Waals surface area contributed by atoms with Crippen LogP contribution in [0.2, 0.25) is 0 Å². The van der Waals surface area contributed by atoms with E-state index < -0.39 is 6.10 Å². The fourth-order valence-electron chi connectivity index (χ4n) is 5.69. The normalized spacial score (nSPS) is 12.1. The van der Waals surface area contributed by atoms with Crippen LogP contribution in [0.5, 0.6) is 0 Å². The third-order valence-corrected chi connectivity index (χ3v) is 8.72. The average Bonchev–Trinajstić information content (AvgIpc) is 3.01. The minimum Gasteiger partial charge on any atom is -0.462 e. The molecular weight excluding hydrogens is 576 g/mol. The molecule has 0 rings (SSSR count). The number of carbonyl (C=O) groups is 3. The smallest absolute Gasteiger partial charge is 0.306 e. The summed E-state index contributed by atoms with van der Waals surface area (Å²) < 4.78 is 16.6. The molecule has 0 N–H and O–H groups in total. The zero-order valence-electron chi connectivity index (χ0n) is 31.2. The first-order valence-corrected chi connectivity index (χ1v) is 19.7. The van der Waals surface area contributed by atoms with E-state index in [0.29, 0.717) is 19.3 Å². The summed E-state index contributed by atoms with van der Waals surface area (Å²) in [4.78, 5) is 37.4. The summed E-state index contributed by atoms with van der Waals surface area (Å²) in [6.45, 7) is 11.2. The van der Waals surface area contributed by atoms with Crippen molar-refractivity contribution in [3.8, 4) is 0 Å². The Kier molecular flexibility index (Phi) is 32.2. The first-order valence-electron chi connectivity index (χ1n) is 19.7. The highest BCUT2D eigenvalue weighted by Crippen LogP contribution is 2.15. The molecular formula is C40H76O6. The molecule has 0 fully saturated rings. The van der Waals surface area contributed by atoms with E-state index in [1.165, 1.54) is 96.3 Å². The van der Waals surface area contributed by atoms with Crippen molar-refractivity contribution in [1.29, 1.82) is 0 Å². The van der Waals surface area contributed by atoms with E-state index in [2.05, 4.69) is 34.6 Å². The van der Waals surface area contributed by atoms with Gasteiger partial charge in [0.25, 0.3) is 0 Å². The van der Waals surface area contributed by atoms with Crippen LogP contribution in [0.4, 0.5) is 0 Å².